The van der Waals surface area contributed by atoms with E-state index in [9.17, 15) is 4.79 Å². The summed E-state index contributed by atoms with van der Waals surface area (Å²) in [6.07, 6.45) is 10.9. The van der Waals surface area contributed by atoms with E-state index in [-0.39, 0.29) is 0 Å². The van der Waals surface area contributed by atoms with Gasteiger partial charge in [0.15, 0.2) is 0 Å². The molecule has 0 aromatic heterocycles. The van der Waals surface area contributed by atoms with E-state index in [1.165, 1.54) is 43.2 Å². The number of rotatable bonds is 14. The van der Waals surface area contributed by atoms with Crippen LogP contribution in [0, 0.1) is 17.8 Å². The molecule has 26 heavy (non-hydrogen) atoms. The molecule has 0 N–H and O–H groups in total. The first-order chi connectivity index (χ1) is 12.4. The Morgan fingerprint density at radius 2 is 1.19 bits per heavy atom. The molecule has 0 fully saturated rings. The fraction of sp³-hybridized carbons (Fsp3) is 0.720. The molecule has 1 aromatic rings. The van der Waals surface area contributed by atoms with Gasteiger partial charge in [-0.05, 0) is 54.6 Å². The second-order valence-corrected chi connectivity index (χ2v) is 9.15. The quantitative estimate of drug-likeness (QED) is 0.316. The monoisotopic (exact) mass is 358 g/mol. The number of hydrogen-bond donors (Lipinski definition) is 0. The SMILES string of the molecule is CC(C)CCCCC(=O)CCCC[C@H](C)Cc1ccc(CC(C)C)cc1. The molecule has 0 bridgehead atoms. The molecule has 1 nitrogen and oxygen atoms in total. The average molecular weight is 359 g/mol. The van der Waals surface area contributed by atoms with Gasteiger partial charge >= 0.3 is 0 Å². The predicted octanol–water partition coefficient (Wildman–Crippen LogP) is 7.41. The zero-order chi connectivity index (χ0) is 19.4. The third kappa shape index (κ3) is 11.5. The number of carbonyl (C=O) groups is 1. The number of benzene rings is 1. The largest absolute Gasteiger partial charge is 0.300 e. The van der Waals surface area contributed by atoms with Gasteiger partial charge in [0, 0.05) is 12.8 Å². The summed E-state index contributed by atoms with van der Waals surface area (Å²) < 4.78 is 0. The van der Waals surface area contributed by atoms with Crippen LogP contribution < -0.4 is 0 Å². The Bertz CT molecular complexity index is 483. The van der Waals surface area contributed by atoms with Crippen LogP contribution in [0.1, 0.15) is 97.1 Å². The van der Waals surface area contributed by atoms with Crippen molar-refractivity contribution in [3.8, 4) is 0 Å². The minimum absolute atomic E-state index is 0.474. The highest BCUT2D eigenvalue weighted by molar-refractivity contribution is 5.78. The van der Waals surface area contributed by atoms with E-state index in [2.05, 4.69) is 58.9 Å². The van der Waals surface area contributed by atoms with Crippen molar-refractivity contribution in [1.29, 1.82) is 0 Å². The molecule has 1 atom stereocenters. The maximum absolute atomic E-state index is 11.9. The molecule has 1 heteroatoms. The van der Waals surface area contributed by atoms with Gasteiger partial charge in [0.1, 0.15) is 5.78 Å². The van der Waals surface area contributed by atoms with Crippen molar-refractivity contribution in [2.45, 2.75) is 98.8 Å². The molecule has 0 saturated carbocycles. The van der Waals surface area contributed by atoms with Crippen molar-refractivity contribution in [3.05, 3.63) is 35.4 Å². The van der Waals surface area contributed by atoms with Crippen LogP contribution in [0.3, 0.4) is 0 Å². The Kier molecular flexibility index (Phi) is 11.6. The molecule has 148 valence electrons. The topological polar surface area (TPSA) is 17.1 Å². The van der Waals surface area contributed by atoms with Crippen molar-refractivity contribution >= 4 is 5.78 Å². The molecule has 0 amide bonds. The van der Waals surface area contributed by atoms with Crippen molar-refractivity contribution < 1.29 is 4.79 Å². The lowest BCUT2D eigenvalue weighted by Gasteiger charge is -2.12. The first kappa shape index (κ1) is 22.9. The van der Waals surface area contributed by atoms with Gasteiger partial charge in [-0.25, -0.2) is 0 Å². The summed E-state index contributed by atoms with van der Waals surface area (Å²) in [6, 6.07) is 9.18. The van der Waals surface area contributed by atoms with E-state index in [0.717, 1.165) is 43.9 Å². The van der Waals surface area contributed by atoms with Crippen molar-refractivity contribution in [2.24, 2.45) is 17.8 Å². The lowest BCUT2D eigenvalue weighted by molar-refractivity contribution is -0.119. The number of unbranched alkanes of at least 4 members (excludes halogenated alkanes) is 2. The van der Waals surface area contributed by atoms with Gasteiger partial charge in [-0.3, -0.25) is 4.79 Å². The highest BCUT2D eigenvalue weighted by atomic mass is 16.1. The maximum atomic E-state index is 11.9. The summed E-state index contributed by atoms with van der Waals surface area (Å²) in [5.41, 5.74) is 2.90. The van der Waals surface area contributed by atoms with Crippen LogP contribution in [0.5, 0.6) is 0 Å². The van der Waals surface area contributed by atoms with Crippen LogP contribution in [0.2, 0.25) is 0 Å². The van der Waals surface area contributed by atoms with Crippen LogP contribution in [0.4, 0.5) is 0 Å². The van der Waals surface area contributed by atoms with Crippen molar-refractivity contribution in [3.63, 3.8) is 0 Å². The third-order valence-electron chi connectivity index (χ3n) is 5.14. The highest BCUT2D eigenvalue weighted by Crippen LogP contribution is 2.18. The first-order valence-corrected chi connectivity index (χ1v) is 11.0. The zero-order valence-corrected chi connectivity index (χ0v) is 18.0. The molecule has 0 aliphatic carbocycles. The van der Waals surface area contributed by atoms with Gasteiger partial charge in [-0.15, -0.1) is 0 Å². The molecule has 0 aliphatic heterocycles. The lowest BCUT2D eigenvalue weighted by Crippen LogP contribution is -2.02. The van der Waals surface area contributed by atoms with Gasteiger partial charge in [-0.2, -0.15) is 0 Å². The van der Waals surface area contributed by atoms with E-state index >= 15 is 0 Å². The van der Waals surface area contributed by atoms with Crippen LogP contribution >= 0.6 is 0 Å². The molecule has 1 aromatic carbocycles. The Hall–Kier alpha value is -1.11. The molecular formula is C25H42O. The summed E-state index contributed by atoms with van der Waals surface area (Å²) in [5, 5.41) is 0. The van der Waals surface area contributed by atoms with Gasteiger partial charge < -0.3 is 0 Å². The second-order valence-electron chi connectivity index (χ2n) is 9.15. The molecule has 1 rings (SSSR count). The van der Waals surface area contributed by atoms with E-state index in [4.69, 9.17) is 0 Å². The molecule has 0 spiro atoms. The summed E-state index contributed by atoms with van der Waals surface area (Å²) in [4.78, 5) is 11.9. The Morgan fingerprint density at radius 1 is 0.692 bits per heavy atom. The Balaban J connectivity index is 2.12. The summed E-state index contributed by atoms with van der Waals surface area (Å²) >= 11 is 0. The summed E-state index contributed by atoms with van der Waals surface area (Å²) in [5.74, 6) is 2.66. The number of Topliss-reactive ketones (excluding diaryl/α,β-unsaturated/α-hetero) is 1. The average Bonchev–Trinajstić information content (AvgIpc) is 2.57. The van der Waals surface area contributed by atoms with Gasteiger partial charge in [0.25, 0.3) is 0 Å². The summed E-state index contributed by atoms with van der Waals surface area (Å²) in [7, 11) is 0. The van der Waals surface area contributed by atoms with Crippen molar-refractivity contribution in [1.82, 2.24) is 0 Å². The van der Waals surface area contributed by atoms with E-state index in [1.807, 2.05) is 0 Å². The van der Waals surface area contributed by atoms with Crippen LogP contribution in [-0.4, -0.2) is 5.78 Å². The van der Waals surface area contributed by atoms with E-state index in [0.29, 0.717) is 11.7 Å². The van der Waals surface area contributed by atoms with Crippen LogP contribution in [-0.2, 0) is 17.6 Å². The maximum Gasteiger partial charge on any atom is 0.132 e. The molecule has 0 radical (unpaired) electrons. The fourth-order valence-corrected chi connectivity index (χ4v) is 3.60. The molecule has 0 aliphatic rings. The minimum atomic E-state index is 0.474. The zero-order valence-electron chi connectivity index (χ0n) is 18.0. The molecule has 0 saturated heterocycles. The minimum Gasteiger partial charge on any atom is -0.300 e. The molecule has 0 heterocycles. The third-order valence-corrected chi connectivity index (χ3v) is 5.14. The van der Waals surface area contributed by atoms with Gasteiger partial charge in [0.2, 0.25) is 0 Å². The van der Waals surface area contributed by atoms with Gasteiger partial charge in [-0.1, -0.05) is 84.6 Å². The normalized spacial score (nSPS) is 12.7. The fourth-order valence-electron chi connectivity index (χ4n) is 3.60. The van der Waals surface area contributed by atoms with Crippen molar-refractivity contribution in [2.75, 3.05) is 0 Å². The second kappa shape index (κ2) is 13.1. The Morgan fingerprint density at radius 3 is 1.69 bits per heavy atom. The van der Waals surface area contributed by atoms with E-state index < -0.39 is 0 Å². The highest BCUT2D eigenvalue weighted by Gasteiger charge is 2.07. The smallest absolute Gasteiger partial charge is 0.132 e. The predicted molar refractivity (Wildman–Crippen MR) is 115 cm³/mol. The standard InChI is InChI=1S/C25H42O/c1-20(2)10-6-8-12-25(26)13-9-7-11-22(5)19-24-16-14-23(15-17-24)18-21(3)4/h14-17,20-22H,6-13,18-19H2,1-5H3/t22-/m0/s1. The number of ketones is 1. The molecule has 0 unspecified atom stereocenters. The van der Waals surface area contributed by atoms with E-state index in [1.54, 1.807) is 0 Å². The summed E-state index contributed by atoms with van der Waals surface area (Å²) in [6.45, 7) is 11.4. The van der Waals surface area contributed by atoms with Gasteiger partial charge in [0.05, 0.1) is 0 Å². The number of carbonyl (C=O) groups excluding carboxylic acids is 1. The Labute approximate surface area is 163 Å². The van der Waals surface area contributed by atoms with Crippen LogP contribution in [0.15, 0.2) is 24.3 Å². The molecular weight excluding hydrogens is 316 g/mol. The number of hydrogen-bond acceptors (Lipinski definition) is 1. The van der Waals surface area contributed by atoms with Crippen LogP contribution in [0.25, 0.3) is 0 Å². The lowest BCUT2D eigenvalue weighted by atomic mass is 9.93. The first-order valence-electron chi connectivity index (χ1n) is 11.0.